The Morgan fingerprint density at radius 3 is 2.52 bits per heavy atom. The predicted molar refractivity (Wildman–Crippen MR) is 196 cm³/mol. The molecule has 0 spiro atoms. The number of benzene rings is 2. The average molecular weight is 604 g/mol. The highest BCUT2D eigenvalue weighted by Gasteiger charge is 2.21. The van der Waals surface area contributed by atoms with Crippen LogP contribution in [0.25, 0.3) is 39.7 Å². The summed E-state index contributed by atoms with van der Waals surface area (Å²) in [5, 5.41) is 4.46. The fourth-order valence-corrected chi connectivity index (χ4v) is 6.61. The molecule has 0 saturated heterocycles. The normalized spacial score (nSPS) is 15.0. The smallest absolute Gasteiger partial charge is 0.0942 e. The summed E-state index contributed by atoms with van der Waals surface area (Å²) in [7, 11) is 1.93. The van der Waals surface area contributed by atoms with E-state index >= 15 is 0 Å². The van der Waals surface area contributed by atoms with Gasteiger partial charge in [0.15, 0.2) is 0 Å². The van der Waals surface area contributed by atoms with Crippen LogP contribution in [0, 0.1) is 6.92 Å². The molecule has 2 aliphatic rings. The van der Waals surface area contributed by atoms with E-state index in [9.17, 15) is 0 Å². The van der Waals surface area contributed by atoms with Crippen molar-refractivity contribution in [3.8, 4) is 11.1 Å². The molecule has 7 rings (SSSR count). The van der Waals surface area contributed by atoms with Gasteiger partial charge in [-0.15, -0.1) is 0 Å². The molecule has 4 heterocycles. The van der Waals surface area contributed by atoms with Gasteiger partial charge in [0.1, 0.15) is 0 Å². The van der Waals surface area contributed by atoms with Crippen molar-refractivity contribution in [2.24, 2.45) is 4.99 Å². The zero-order valence-corrected chi connectivity index (χ0v) is 27.2. The number of dihydropyridines is 1. The van der Waals surface area contributed by atoms with Crippen molar-refractivity contribution in [1.82, 2.24) is 14.4 Å². The SMILES string of the molecule is C=Cc1ccc2c(C3C=CC(c4ccc(-c5c6c(n7c(C)cccccncc57)C=CCC6)cc4)=NC3)ccnc2c1NC.CC. The van der Waals surface area contributed by atoms with Crippen LogP contribution in [0.5, 0.6) is 0 Å². The lowest BCUT2D eigenvalue weighted by Crippen LogP contribution is -2.11. The molecule has 1 atom stereocenters. The molecule has 1 unspecified atom stereocenters. The fourth-order valence-electron chi connectivity index (χ4n) is 6.61. The van der Waals surface area contributed by atoms with Gasteiger partial charge in [-0.25, -0.2) is 0 Å². The van der Waals surface area contributed by atoms with Gasteiger partial charge in [0.05, 0.1) is 35.2 Å². The lowest BCUT2D eigenvalue weighted by molar-refractivity contribution is 0.847. The lowest BCUT2D eigenvalue weighted by Gasteiger charge is -2.19. The van der Waals surface area contributed by atoms with Crippen LogP contribution in [0.15, 0.2) is 115 Å². The third kappa shape index (κ3) is 5.65. The van der Waals surface area contributed by atoms with Crippen molar-refractivity contribution in [3.63, 3.8) is 0 Å². The zero-order valence-electron chi connectivity index (χ0n) is 27.2. The van der Waals surface area contributed by atoms with E-state index in [0.29, 0.717) is 6.54 Å². The minimum absolute atomic E-state index is 0.191. The molecule has 3 aromatic heterocycles. The molecule has 5 heteroatoms. The van der Waals surface area contributed by atoms with Crippen LogP contribution in [0.4, 0.5) is 5.69 Å². The molecule has 230 valence electrons. The maximum absolute atomic E-state index is 5.05. The highest BCUT2D eigenvalue weighted by molar-refractivity contribution is 6.09. The Labute approximate surface area is 272 Å². The van der Waals surface area contributed by atoms with Crippen LogP contribution in [0.2, 0.25) is 0 Å². The number of nitrogens with one attached hydrogen (secondary N) is 1. The Hall–Kier alpha value is -5.29. The first kappa shape index (κ1) is 30.7. The lowest BCUT2D eigenvalue weighted by atomic mass is 9.91. The number of allylic oxidation sites excluding steroid dienone is 2. The summed E-state index contributed by atoms with van der Waals surface area (Å²) in [6.07, 6.45) is 18.6. The minimum Gasteiger partial charge on any atom is -0.386 e. The Morgan fingerprint density at radius 2 is 1.76 bits per heavy atom. The number of pyridine rings is 1. The Balaban J connectivity index is 0.00000182. The number of hydrogen-bond donors (Lipinski definition) is 1. The van der Waals surface area contributed by atoms with Gasteiger partial charge in [0.25, 0.3) is 0 Å². The first-order chi connectivity index (χ1) is 22.7. The number of aryl methyl sites for hydroxylation is 1. The van der Waals surface area contributed by atoms with Gasteiger partial charge in [-0.05, 0) is 77.9 Å². The van der Waals surface area contributed by atoms with Crippen LogP contribution in [0.1, 0.15) is 59.8 Å². The third-order valence-electron chi connectivity index (χ3n) is 8.73. The van der Waals surface area contributed by atoms with E-state index in [-0.39, 0.29) is 5.92 Å². The van der Waals surface area contributed by atoms with Crippen molar-refractivity contribution in [3.05, 3.63) is 144 Å². The minimum atomic E-state index is 0.191. The van der Waals surface area contributed by atoms with E-state index in [1.807, 2.05) is 57.7 Å². The number of fused-ring (bicyclic) bond motifs is 4. The second-order valence-corrected chi connectivity index (χ2v) is 11.3. The number of anilines is 1. The number of aliphatic imine (C=N–C) groups is 1. The summed E-state index contributed by atoms with van der Waals surface area (Å²) >= 11 is 0. The van der Waals surface area contributed by atoms with Gasteiger partial charge in [0, 0.05) is 47.7 Å². The topological polar surface area (TPSA) is 54.6 Å². The number of nitrogens with zero attached hydrogens (tertiary/aromatic N) is 4. The van der Waals surface area contributed by atoms with Crippen LogP contribution in [-0.4, -0.2) is 33.7 Å². The van der Waals surface area contributed by atoms with Gasteiger partial charge in [0.2, 0.25) is 0 Å². The zero-order chi connectivity index (χ0) is 32.0. The second kappa shape index (κ2) is 13.8. The summed E-state index contributed by atoms with van der Waals surface area (Å²) in [5.74, 6) is 0.191. The highest BCUT2D eigenvalue weighted by Crippen LogP contribution is 2.38. The van der Waals surface area contributed by atoms with Gasteiger partial charge in [-0.1, -0.05) is 87.2 Å². The number of aromatic nitrogens is 3. The maximum atomic E-state index is 5.05. The highest BCUT2D eigenvalue weighted by atomic mass is 14.9. The van der Waals surface area contributed by atoms with Crippen LogP contribution in [-0.2, 0) is 6.42 Å². The summed E-state index contributed by atoms with van der Waals surface area (Å²) < 4.78 is 2.34. The third-order valence-corrected chi connectivity index (χ3v) is 8.73. The molecule has 2 aromatic carbocycles. The molecule has 0 amide bonds. The molecule has 46 heavy (non-hydrogen) atoms. The van der Waals surface area contributed by atoms with Gasteiger partial charge >= 0.3 is 0 Å². The van der Waals surface area contributed by atoms with Gasteiger partial charge < -0.3 is 9.72 Å². The van der Waals surface area contributed by atoms with E-state index in [1.165, 1.54) is 33.6 Å². The molecule has 1 N–H and O–H groups in total. The largest absolute Gasteiger partial charge is 0.386 e. The van der Waals surface area contributed by atoms with E-state index in [0.717, 1.165) is 51.8 Å². The van der Waals surface area contributed by atoms with E-state index < -0.39 is 0 Å². The predicted octanol–water partition coefficient (Wildman–Crippen LogP) is 9.80. The summed E-state index contributed by atoms with van der Waals surface area (Å²) in [5.41, 5.74) is 13.8. The standard InChI is InChI=1S/C39H35N5.C2H6/c1-4-27-17-19-32-31(21-23-42-39(32)38(27)40-3)30-18-20-34(43-24-30)28-13-15-29(16-14-28)37-33-11-7-8-12-35(33)44-26(2)10-6-5-9-22-41-25-36(37)44;1-2/h4-6,8-10,12-23,25,30,40H,1,7,11,24H2,2-3H3;1-2H3. The molecule has 0 bridgehead atoms. The molecule has 0 radical (unpaired) electrons. The van der Waals surface area contributed by atoms with Crippen molar-refractivity contribution in [2.75, 3.05) is 18.9 Å². The van der Waals surface area contributed by atoms with E-state index in [1.54, 1.807) is 0 Å². The van der Waals surface area contributed by atoms with E-state index in [2.05, 4.69) is 107 Å². The van der Waals surface area contributed by atoms with Crippen molar-refractivity contribution < 1.29 is 0 Å². The van der Waals surface area contributed by atoms with Crippen molar-refractivity contribution in [1.29, 1.82) is 0 Å². The van der Waals surface area contributed by atoms with E-state index in [4.69, 9.17) is 9.98 Å². The Kier molecular flexibility index (Phi) is 9.20. The molecular weight excluding hydrogens is 562 g/mol. The quantitative estimate of drug-likeness (QED) is 0.218. The van der Waals surface area contributed by atoms with Crippen LogP contribution in [0.3, 0.4) is 0 Å². The summed E-state index contributed by atoms with van der Waals surface area (Å²) in [6.45, 7) is 10.8. The molecule has 0 fully saturated rings. The first-order valence-electron chi connectivity index (χ1n) is 16.2. The Morgan fingerprint density at radius 1 is 0.935 bits per heavy atom. The number of hydrogen-bond acceptors (Lipinski definition) is 4. The summed E-state index contributed by atoms with van der Waals surface area (Å²) in [4.78, 5) is 14.4. The van der Waals surface area contributed by atoms with Gasteiger partial charge in [-0.3, -0.25) is 15.0 Å². The van der Waals surface area contributed by atoms with Gasteiger partial charge in [-0.2, -0.15) is 0 Å². The fraction of sp³-hybridized carbons (Fsp3) is 0.195. The van der Waals surface area contributed by atoms with Crippen molar-refractivity contribution in [2.45, 2.75) is 39.5 Å². The Bertz CT molecular complexity index is 2060. The molecule has 5 aromatic rings. The molecule has 1 aliphatic carbocycles. The monoisotopic (exact) mass is 603 g/mol. The van der Waals surface area contributed by atoms with Crippen molar-refractivity contribution >= 4 is 40.0 Å². The molecule has 0 saturated carbocycles. The maximum Gasteiger partial charge on any atom is 0.0942 e. The molecular formula is C41H41N5. The molecule has 5 nitrogen and oxygen atoms in total. The first-order valence-corrected chi connectivity index (χ1v) is 16.2. The average Bonchev–Trinajstić information content (AvgIpc) is 3.45. The molecule has 1 aliphatic heterocycles. The van der Waals surface area contributed by atoms with Crippen LogP contribution >= 0.6 is 0 Å². The van der Waals surface area contributed by atoms with Crippen LogP contribution < -0.4 is 5.32 Å². The number of rotatable bonds is 5. The second-order valence-electron chi connectivity index (χ2n) is 11.3. The summed E-state index contributed by atoms with van der Waals surface area (Å²) in [6, 6.07) is 23.5.